The predicted molar refractivity (Wildman–Crippen MR) is 150 cm³/mol. The van der Waals surface area contributed by atoms with Gasteiger partial charge in [-0.05, 0) is 61.9 Å². The molecule has 40 heavy (non-hydrogen) atoms. The molecule has 10 heteroatoms. The first-order valence-electron chi connectivity index (χ1n) is 12.5. The Morgan fingerprint density at radius 2 is 2.08 bits per heavy atom. The van der Waals surface area contributed by atoms with Gasteiger partial charge in [0.2, 0.25) is 5.91 Å². The van der Waals surface area contributed by atoms with Gasteiger partial charge in [-0.15, -0.1) is 0 Å². The number of aromatic nitrogens is 1. The van der Waals surface area contributed by atoms with E-state index in [2.05, 4.69) is 21.7 Å². The zero-order valence-electron chi connectivity index (χ0n) is 22.2. The molecule has 0 aliphatic carbocycles. The number of anilines is 2. The maximum Gasteiger partial charge on any atom is 0.259 e. The number of furan rings is 1. The Morgan fingerprint density at radius 3 is 2.83 bits per heavy atom. The van der Waals surface area contributed by atoms with E-state index in [4.69, 9.17) is 14.4 Å². The Balaban J connectivity index is 1.30. The average Bonchev–Trinajstić information content (AvgIpc) is 3.21. The molecule has 0 fully saturated rings. The number of rotatable bonds is 6. The van der Waals surface area contributed by atoms with Crippen LogP contribution in [0, 0.1) is 18.3 Å². The van der Waals surface area contributed by atoms with Crippen molar-refractivity contribution >= 4 is 40.4 Å². The van der Waals surface area contributed by atoms with Crippen molar-refractivity contribution in [3.63, 3.8) is 0 Å². The monoisotopic (exact) mass is 537 g/mol. The summed E-state index contributed by atoms with van der Waals surface area (Å²) in [5, 5.41) is 25.7. The predicted octanol–water partition coefficient (Wildman–Crippen LogP) is 4.59. The van der Waals surface area contributed by atoms with Crippen LogP contribution in [0.3, 0.4) is 0 Å². The van der Waals surface area contributed by atoms with Gasteiger partial charge in [-0.2, -0.15) is 5.26 Å². The van der Waals surface area contributed by atoms with Crippen LogP contribution in [0.15, 0.2) is 65.2 Å². The number of carbonyl (C=O) groups excluding carboxylic acids is 2. The van der Waals surface area contributed by atoms with Gasteiger partial charge in [0.15, 0.2) is 22.8 Å². The van der Waals surface area contributed by atoms with Gasteiger partial charge in [-0.1, -0.05) is 12.1 Å². The van der Waals surface area contributed by atoms with Crippen molar-refractivity contribution in [1.82, 2.24) is 9.88 Å². The van der Waals surface area contributed by atoms with Crippen molar-refractivity contribution in [2.24, 2.45) is 0 Å². The van der Waals surface area contributed by atoms with Crippen LogP contribution in [0.4, 0.5) is 11.5 Å². The van der Waals surface area contributed by atoms with Gasteiger partial charge in [-0.25, -0.2) is 4.98 Å². The van der Waals surface area contributed by atoms with Crippen molar-refractivity contribution in [3.05, 3.63) is 83.3 Å². The molecule has 4 aromatic rings. The summed E-state index contributed by atoms with van der Waals surface area (Å²) in [6.07, 6.45) is 4.63. The number of nitrogens with one attached hydrogen (secondary N) is 2. The lowest BCUT2D eigenvalue weighted by molar-refractivity contribution is -0.131. The standard InChI is InChI=1S/C30H27N5O5/c1-18-23(22-5-4-6-25(27(22)39-18)40-21-10-7-19(14-31)8-11-21)16-35(3)26(36)12-9-20-13-24-28(32-15-20)34-29(37)30(2,38)17-33-24/h4-13,15,33,38H,16-17H2,1-3H3,(H,32,34,37)/b12-9+. The van der Waals surface area contributed by atoms with E-state index >= 15 is 0 Å². The van der Waals surface area contributed by atoms with Gasteiger partial charge in [0.05, 0.1) is 23.9 Å². The van der Waals surface area contributed by atoms with E-state index in [-0.39, 0.29) is 12.5 Å². The first-order valence-corrected chi connectivity index (χ1v) is 12.5. The molecule has 0 spiro atoms. The zero-order valence-corrected chi connectivity index (χ0v) is 22.2. The molecule has 0 radical (unpaired) electrons. The summed E-state index contributed by atoms with van der Waals surface area (Å²) < 4.78 is 12.1. The maximum absolute atomic E-state index is 13.0. The van der Waals surface area contributed by atoms with Gasteiger partial charge in [0.1, 0.15) is 11.5 Å². The molecule has 1 aliphatic rings. The number of pyridine rings is 1. The number of hydrogen-bond acceptors (Lipinski definition) is 8. The fraction of sp³-hybridized carbons (Fsp3) is 0.200. The average molecular weight is 538 g/mol. The van der Waals surface area contributed by atoms with Crippen molar-refractivity contribution < 1.29 is 23.8 Å². The highest BCUT2D eigenvalue weighted by molar-refractivity contribution is 6.00. The minimum absolute atomic E-state index is 0.0284. The van der Waals surface area contributed by atoms with Crippen LogP contribution in [0.5, 0.6) is 11.5 Å². The van der Waals surface area contributed by atoms with Gasteiger partial charge < -0.3 is 29.8 Å². The molecule has 0 bridgehead atoms. The molecule has 202 valence electrons. The maximum atomic E-state index is 13.0. The summed E-state index contributed by atoms with van der Waals surface area (Å²) >= 11 is 0. The number of carbonyl (C=O) groups is 2. The van der Waals surface area contributed by atoms with Gasteiger partial charge in [0, 0.05) is 36.8 Å². The number of hydrogen-bond donors (Lipinski definition) is 3. The molecule has 2 aromatic carbocycles. The SMILES string of the molecule is Cc1oc2c(Oc3ccc(C#N)cc3)cccc2c1CN(C)C(=O)/C=C/c1cnc2c(c1)NCC(C)(O)C(=O)N2. The van der Waals surface area contributed by atoms with E-state index in [1.54, 1.807) is 54.4 Å². The first kappa shape index (κ1) is 26.5. The third-order valence-electron chi connectivity index (χ3n) is 6.64. The fourth-order valence-electron chi connectivity index (χ4n) is 4.27. The second-order valence-corrected chi connectivity index (χ2v) is 9.78. The number of nitriles is 1. The number of aliphatic hydroxyl groups is 1. The van der Waals surface area contributed by atoms with E-state index in [9.17, 15) is 14.7 Å². The molecule has 2 amide bonds. The van der Waals surface area contributed by atoms with E-state index in [1.165, 1.54) is 19.2 Å². The molecule has 0 saturated heterocycles. The highest BCUT2D eigenvalue weighted by Gasteiger charge is 2.33. The molecular weight excluding hydrogens is 510 g/mol. The lowest BCUT2D eigenvalue weighted by Crippen LogP contribution is -2.43. The third kappa shape index (κ3) is 5.36. The zero-order chi connectivity index (χ0) is 28.4. The number of ether oxygens (including phenoxy) is 1. The number of aryl methyl sites for hydroxylation is 1. The van der Waals surface area contributed by atoms with E-state index in [0.29, 0.717) is 52.0 Å². The quantitative estimate of drug-likeness (QED) is 0.304. The number of benzene rings is 2. The smallest absolute Gasteiger partial charge is 0.259 e. The molecule has 1 aliphatic heterocycles. The van der Waals surface area contributed by atoms with Crippen molar-refractivity contribution in [1.29, 1.82) is 5.26 Å². The third-order valence-corrected chi connectivity index (χ3v) is 6.64. The molecule has 3 N–H and O–H groups in total. The molecule has 5 rings (SSSR count). The fourth-order valence-corrected chi connectivity index (χ4v) is 4.27. The number of nitrogens with zero attached hydrogens (tertiary/aromatic N) is 3. The number of β-amino-alcohol motifs (C(OH)–C–C–N with tert-alkyl or cyclic N) is 1. The van der Waals surface area contributed by atoms with Crippen LogP contribution >= 0.6 is 0 Å². The van der Waals surface area contributed by atoms with Crippen molar-refractivity contribution in [2.45, 2.75) is 26.0 Å². The Kier molecular flexibility index (Phi) is 6.98. The summed E-state index contributed by atoms with van der Waals surface area (Å²) in [6, 6.07) is 16.2. The second-order valence-electron chi connectivity index (χ2n) is 9.78. The van der Waals surface area contributed by atoms with E-state index in [0.717, 1.165) is 10.9 Å². The molecule has 0 saturated carbocycles. The van der Waals surface area contributed by atoms with Gasteiger partial charge >= 0.3 is 0 Å². The highest BCUT2D eigenvalue weighted by atomic mass is 16.5. The normalized spacial score (nSPS) is 16.5. The summed E-state index contributed by atoms with van der Waals surface area (Å²) in [6.45, 7) is 3.61. The molecular formula is C30H27N5O5. The van der Waals surface area contributed by atoms with Gasteiger partial charge in [-0.3, -0.25) is 9.59 Å². The van der Waals surface area contributed by atoms with Crippen molar-refractivity contribution in [3.8, 4) is 17.6 Å². The van der Waals surface area contributed by atoms with Crippen LogP contribution < -0.4 is 15.4 Å². The molecule has 1 unspecified atom stereocenters. The molecule has 10 nitrogen and oxygen atoms in total. The van der Waals surface area contributed by atoms with Crippen LogP contribution in [0.1, 0.15) is 29.4 Å². The Hall–Kier alpha value is -5.14. The summed E-state index contributed by atoms with van der Waals surface area (Å²) in [7, 11) is 1.70. The van der Waals surface area contributed by atoms with E-state index in [1.807, 2.05) is 19.1 Å². The summed E-state index contributed by atoms with van der Waals surface area (Å²) in [5.74, 6) is 1.34. The topological polar surface area (TPSA) is 141 Å². The van der Waals surface area contributed by atoms with Crippen LogP contribution in [0.2, 0.25) is 0 Å². The number of para-hydroxylation sites is 1. The first-order chi connectivity index (χ1) is 19.1. The van der Waals surface area contributed by atoms with Crippen LogP contribution in [0.25, 0.3) is 17.0 Å². The van der Waals surface area contributed by atoms with Crippen molar-refractivity contribution in [2.75, 3.05) is 24.2 Å². The molecule has 2 aromatic heterocycles. The largest absolute Gasteiger partial charge is 0.457 e. The lowest BCUT2D eigenvalue weighted by atomic mass is 10.1. The van der Waals surface area contributed by atoms with Crippen LogP contribution in [-0.2, 0) is 16.1 Å². The number of amides is 2. The minimum atomic E-state index is -1.57. The second kappa shape index (κ2) is 10.6. The minimum Gasteiger partial charge on any atom is -0.457 e. The van der Waals surface area contributed by atoms with Crippen LogP contribution in [-0.4, -0.2) is 46.0 Å². The highest BCUT2D eigenvalue weighted by Crippen LogP contribution is 2.35. The molecule has 1 atom stereocenters. The van der Waals surface area contributed by atoms with E-state index < -0.39 is 11.5 Å². The Morgan fingerprint density at radius 1 is 1.30 bits per heavy atom. The summed E-state index contributed by atoms with van der Waals surface area (Å²) in [5.41, 5.74) is 1.61. The lowest BCUT2D eigenvalue weighted by Gasteiger charge is -2.18. The summed E-state index contributed by atoms with van der Waals surface area (Å²) in [4.78, 5) is 30.9. The molecule has 3 heterocycles. The number of fused-ring (bicyclic) bond motifs is 2. The Bertz CT molecular complexity index is 1680. The Labute approximate surface area is 230 Å². The van der Waals surface area contributed by atoms with Gasteiger partial charge in [0.25, 0.3) is 5.91 Å². The number of likely N-dealkylation sites (N-methyl/N-ethyl adjacent to an activating group) is 1.